The molecule has 0 fully saturated rings. The van der Waals surface area contributed by atoms with Gasteiger partial charge >= 0.3 is 0 Å². The van der Waals surface area contributed by atoms with Crippen molar-refractivity contribution in [2.24, 2.45) is 0 Å². The maximum Gasteiger partial charge on any atom is 0.0448 e. The Morgan fingerprint density at radius 1 is 0.288 bits per heavy atom. The van der Waals surface area contributed by atoms with Gasteiger partial charge in [0, 0.05) is 40.7 Å². The zero-order chi connectivity index (χ0) is 34.2. The summed E-state index contributed by atoms with van der Waals surface area (Å²) in [7, 11) is 0. The summed E-state index contributed by atoms with van der Waals surface area (Å²) in [5, 5.41) is 11.7. The summed E-state index contributed by atoms with van der Waals surface area (Å²) >= 11 is 3.83. The molecule has 0 N–H and O–H groups in total. The predicted molar refractivity (Wildman–Crippen MR) is 229 cm³/mol. The normalized spacial score (nSPS) is 11.8. The summed E-state index contributed by atoms with van der Waals surface area (Å²) in [4.78, 5) is 1.33. The van der Waals surface area contributed by atoms with Crippen LogP contribution in [0.3, 0.4) is 0 Å². The van der Waals surface area contributed by atoms with Gasteiger partial charge < -0.3 is 0 Å². The second kappa shape index (κ2) is 11.7. The standard InChI is InChI=1S/C50H30S2/c1-3-14-32(15-4-1)47-48-44(52-49(47)33-16-5-2-6-17-33)28-26-41-42-30-36(25-27-43(42)51-50(41)48)46-39-21-11-9-19-37(39)45(38-20-10-12-22-40(38)46)35-24-23-31-13-7-8-18-34(31)29-35/h1-30H. The zero-order valence-electron chi connectivity index (χ0n) is 28.1. The Morgan fingerprint density at radius 3 is 1.50 bits per heavy atom. The van der Waals surface area contributed by atoms with Crippen LogP contribution >= 0.6 is 22.7 Å². The van der Waals surface area contributed by atoms with Crippen LogP contribution in [-0.4, -0.2) is 0 Å². The van der Waals surface area contributed by atoms with Crippen LogP contribution in [0.15, 0.2) is 182 Å². The largest absolute Gasteiger partial charge is 0.134 e. The van der Waals surface area contributed by atoms with Gasteiger partial charge in [-0.2, -0.15) is 0 Å². The van der Waals surface area contributed by atoms with E-state index < -0.39 is 0 Å². The van der Waals surface area contributed by atoms with E-state index in [-0.39, 0.29) is 0 Å². The van der Waals surface area contributed by atoms with Crippen LogP contribution in [-0.2, 0) is 0 Å². The Morgan fingerprint density at radius 2 is 0.827 bits per heavy atom. The molecule has 11 rings (SSSR count). The second-order valence-corrected chi connectivity index (χ2v) is 15.7. The van der Waals surface area contributed by atoms with Crippen LogP contribution in [0.2, 0.25) is 0 Å². The Balaban J connectivity index is 1.17. The molecule has 2 heteroatoms. The Kier molecular flexibility index (Phi) is 6.70. The molecule has 52 heavy (non-hydrogen) atoms. The van der Waals surface area contributed by atoms with E-state index in [4.69, 9.17) is 0 Å². The third-order valence-electron chi connectivity index (χ3n) is 10.6. The zero-order valence-corrected chi connectivity index (χ0v) is 29.8. The molecule has 9 aromatic carbocycles. The third-order valence-corrected chi connectivity index (χ3v) is 13.1. The van der Waals surface area contributed by atoms with Gasteiger partial charge in [-0.25, -0.2) is 0 Å². The molecule has 0 amide bonds. The summed E-state index contributed by atoms with van der Waals surface area (Å²) in [5.41, 5.74) is 8.97. The molecule has 0 nitrogen and oxygen atoms in total. The van der Waals surface area contributed by atoms with Crippen LogP contribution in [0.25, 0.3) is 106 Å². The van der Waals surface area contributed by atoms with E-state index in [1.54, 1.807) is 0 Å². The molecule has 0 aliphatic rings. The lowest BCUT2D eigenvalue weighted by Crippen LogP contribution is -1.91. The first kappa shape index (κ1) is 29.6. The van der Waals surface area contributed by atoms with E-state index in [1.807, 2.05) is 22.7 Å². The lowest BCUT2D eigenvalue weighted by Gasteiger charge is -2.18. The molecule has 0 radical (unpaired) electrons. The minimum atomic E-state index is 1.25. The molecule has 0 spiro atoms. The Hall–Kier alpha value is -6.06. The summed E-state index contributed by atoms with van der Waals surface area (Å²) in [6.45, 7) is 0. The first-order chi connectivity index (χ1) is 25.8. The van der Waals surface area contributed by atoms with Crippen LogP contribution in [0.5, 0.6) is 0 Å². The van der Waals surface area contributed by atoms with Crippen molar-refractivity contribution in [2.45, 2.75) is 0 Å². The lowest BCUT2D eigenvalue weighted by atomic mass is 9.85. The number of benzene rings is 9. The molecular weight excluding hydrogens is 665 g/mol. The first-order valence-corrected chi connectivity index (χ1v) is 19.4. The highest BCUT2D eigenvalue weighted by Crippen LogP contribution is 2.51. The van der Waals surface area contributed by atoms with Crippen molar-refractivity contribution in [1.29, 1.82) is 0 Å². The summed E-state index contributed by atoms with van der Waals surface area (Å²) in [6.07, 6.45) is 0. The molecule has 11 aromatic rings. The van der Waals surface area contributed by atoms with Crippen LogP contribution in [0.1, 0.15) is 0 Å². The van der Waals surface area contributed by atoms with Crippen molar-refractivity contribution in [1.82, 2.24) is 0 Å². The number of hydrogen-bond acceptors (Lipinski definition) is 2. The van der Waals surface area contributed by atoms with E-state index in [1.165, 1.54) is 106 Å². The van der Waals surface area contributed by atoms with Gasteiger partial charge in [0.25, 0.3) is 0 Å². The lowest BCUT2D eigenvalue weighted by molar-refractivity contribution is 1.66. The highest BCUT2D eigenvalue weighted by atomic mass is 32.1. The fourth-order valence-corrected chi connectivity index (χ4v) is 10.9. The number of thiophene rings is 2. The minimum absolute atomic E-state index is 1.25. The smallest absolute Gasteiger partial charge is 0.0448 e. The average Bonchev–Trinajstić information content (AvgIpc) is 3.79. The molecule has 2 heterocycles. The number of rotatable bonds is 4. The van der Waals surface area contributed by atoms with E-state index in [0.29, 0.717) is 0 Å². The quantitative estimate of drug-likeness (QED) is 0.161. The van der Waals surface area contributed by atoms with E-state index in [9.17, 15) is 0 Å². The minimum Gasteiger partial charge on any atom is -0.134 e. The molecular formula is C50H30S2. The molecule has 242 valence electrons. The van der Waals surface area contributed by atoms with E-state index >= 15 is 0 Å². The second-order valence-electron chi connectivity index (χ2n) is 13.6. The summed E-state index contributed by atoms with van der Waals surface area (Å²) < 4.78 is 4.01. The van der Waals surface area contributed by atoms with Gasteiger partial charge in [-0.3, -0.25) is 0 Å². The van der Waals surface area contributed by atoms with Crippen LogP contribution < -0.4 is 0 Å². The monoisotopic (exact) mass is 694 g/mol. The SMILES string of the molecule is c1ccc(-c2sc3ccc4c5cc(-c6c7ccccc7c(-c7ccc8ccccc8c7)c7ccccc67)ccc5sc4c3c2-c2ccccc2)cc1. The maximum absolute atomic E-state index is 2.45. The Labute approximate surface area is 309 Å². The fourth-order valence-electron chi connectivity index (χ4n) is 8.34. The van der Waals surface area contributed by atoms with Crippen molar-refractivity contribution in [3.05, 3.63) is 182 Å². The van der Waals surface area contributed by atoms with Gasteiger partial charge in [-0.1, -0.05) is 158 Å². The van der Waals surface area contributed by atoms with Gasteiger partial charge in [0.1, 0.15) is 0 Å². The van der Waals surface area contributed by atoms with Gasteiger partial charge in [0.15, 0.2) is 0 Å². The van der Waals surface area contributed by atoms with Crippen molar-refractivity contribution in [3.8, 4) is 43.8 Å². The van der Waals surface area contributed by atoms with Crippen molar-refractivity contribution >= 4 is 85.2 Å². The molecule has 0 unspecified atom stereocenters. The van der Waals surface area contributed by atoms with Gasteiger partial charge in [0.05, 0.1) is 0 Å². The van der Waals surface area contributed by atoms with E-state index in [2.05, 4.69) is 182 Å². The number of fused-ring (bicyclic) bond motifs is 8. The maximum atomic E-state index is 2.45. The first-order valence-electron chi connectivity index (χ1n) is 17.8. The molecule has 0 bridgehead atoms. The highest BCUT2D eigenvalue weighted by molar-refractivity contribution is 7.28. The third kappa shape index (κ3) is 4.52. The molecule has 0 saturated carbocycles. The van der Waals surface area contributed by atoms with Gasteiger partial charge in [-0.05, 0) is 90.0 Å². The molecule has 0 aliphatic carbocycles. The molecule has 0 aliphatic heterocycles. The fraction of sp³-hybridized carbons (Fsp3) is 0. The van der Waals surface area contributed by atoms with Crippen LogP contribution in [0, 0.1) is 0 Å². The van der Waals surface area contributed by atoms with Crippen LogP contribution in [0.4, 0.5) is 0 Å². The predicted octanol–water partition coefficient (Wildman–Crippen LogP) is 15.4. The average molecular weight is 695 g/mol. The van der Waals surface area contributed by atoms with Gasteiger partial charge in [-0.15, -0.1) is 22.7 Å². The van der Waals surface area contributed by atoms with E-state index in [0.717, 1.165) is 0 Å². The topological polar surface area (TPSA) is 0 Å². The molecule has 0 atom stereocenters. The van der Waals surface area contributed by atoms with Crippen molar-refractivity contribution < 1.29 is 0 Å². The van der Waals surface area contributed by atoms with Gasteiger partial charge in [0.2, 0.25) is 0 Å². The molecule has 0 saturated heterocycles. The van der Waals surface area contributed by atoms with Crippen molar-refractivity contribution in [3.63, 3.8) is 0 Å². The summed E-state index contributed by atoms with van der Waals surface area (Å²) in [6, 6.07) is 67.2. The molecule has 2 aromatic heterocycles. The number of hydrogen-bond donors (Lipinski definition) is 0. The summed E-state index contributed by atoms with van der Waals surface area (Å²) in [5.74, 6) is 0. The van der Waals surface area contributed by atoms with Crippen molar-refractivity contribution in [2.75, 3.05) is 0 Å². The highest BCUT2D eigenvalue weighted by Gasteiger charge is 2.21. The Bertz CT molecular complexity index is 3110.